The molecule has 2 atom stereocenters. The summed E-state index contributed by atoms with van der Waals surface area (Å²) in [6, 6.07) is 7.54. The lowest BCUT2D eigenvalue weighted by molar-refractivity contribution is -0.141. The average molecular weight is 524 g/mol. The van der Waals surface area contributed by atoms with Gasteiger partial charge in [0.1, 0.15) is 11.9 Å². The minimum atomic E-state index is -4.52. The van der Waals surface area contributed by atoms with Crippen LogP contribution in [0.5, 0.6) is 0 Å². The van der Waals surface area contributed by atoms with E-state index in [1.54, 1.807) is 4.90 Å². The van der Waals surface area contributed by atoms with Crippen LogP contribution in [0, 0.1) is 5.41 Å². The first-order chi connectivity index (χ1) is 17.0. The van der Waals surface area contributed by atoms with Crippen LogP contribution in [-0.2, 0) is 17.5 Å². The number of aromatic nitrogens is 2. The predicted octanol–water partition coefficient (Wildman–Crippen LogP) is 4.85. The number of alkyl halides is 3. The highest BCUT2D eigenvalue weighted by molar-refractivity contribution is 6.30. The van der Waals surface area contributed by atoms with Crippen molar-refractivity contribution in [3.05, 3.63) is 52.9 Å². The Labute approximate surface area is 213 Å². The summed E-state index contributed by atoms with van der Waals surface area (Å²) >= 11 is 5.96. The van der Waals surface area contributed by atoms with Crippen LogP contribution < -0.4 is 4.90 Å². The van der Waals surface area contributed by atoms with Crippen molar-refractivity contribution in [2.75, 3.05) is 31.1 Å². The molecule has 2 saturated heterocycles. The first-order valence-electron chi connectivity index (χ1n) is 12.1. The molecule has 2 aromatic rings. The van der Waals surface area contributed by atoms with Crippen molar-refractivity contribution in [3.63, 3.8) is 0 Å². The van der Waals surface area contributed by atoms with Gasteiger partial charge in [0.25, 0.3) is 0 Å². The highest BCUT2D eigenvalue weighted by Gasteiger charge is 2.54. The largest absolute Gasteiger partial charge is 0.446 e. The topological polar surface area (TPSA) is 61.8 Å². The lowest BCUT2D eigenvalue weighted by Crippen LogP contribution is -2.65. The number of nitrogens with zero attached hydrogens (tertiary/aromatic N) is 5. The fourth-order valence-electron chi connectivity index (χ4n) is 5.81. The first-order valence-corrected chi connectivity index (χ1v) is 12.5. The van der Waals surface area contributed by atoms with Gasteiger partial charge < -0.3 is 9.64 Å². The molecule has 1 aliphatic carbocycles. The fraction of sp³-hybridized carbons (Fsp3) is 0.560. The van der Waals surface area contributed by atoms with E-state index in [1.165, 1.54) is 5.56 Å². The Bertz CT molecular complexity index is 1070. The summed E-state index contributed by atoms with van der Waals surface area (Å²) < 4.78 is 44.2. The van der Waals surface area contributed by atoms with E-state index in [2.05, 4.69) is 14.9 Å². The maximum Gasteiger partial charge on any atom is 0.434 e. The molecule has 1 aromatic carbocycles. The van der Waals surface area contributed by atoms with Crippen LogP contribution in [0.1, 0.15) is 37.9 Å². The van der Waals surface area contributed by atoms with Gasteiger partial charge in [0.05, 0.1) is 24.5 Å². The summed E-state index contributed by atoms with van der Waals surface area (Å²) in [5, 5.41) is 0.737. The Morgan fingerprint density at radius 3 is 2.28 bits per heavy atom. The molecule has 1 aromatic heterocycles. The zero-order valence-electron chi connectivity index (χ0n) is 20.2. The number of carbonyl (C=O) groups is 1. The summed E-state index contributed by atoms with van der Waals surface area (Å²) in [7, 11) is 0. The van der Waals surface area contributed by atoms with Gasteiger partial charge in [-0.3, -0.25) is 9.80 Å². The minimum Gasteiger partial charge on any atom is -0.446 e. The molecule has 36 heavy (non-hydrogen) atoms. The highest BCUT2D eigenvalue weighted by atomic mass is 35.5. The summed E-state index contributed by atoms with van der Waals surface area (Å²) in [5.74, 6) is 0.365. The number of benzene rings is 1. The van der Waals surface area contributed by atoms with Crippen molar-refractivity contribution in [1.29, 1.82) is 0 Å². The van der Waals surface area contributed by atoms with Crippen LogP contribution in [0.25, 0.3) is 0 Å². The van der Waals surface area contributed by atoms with Crippen molar-refractivity contribution in [2.24, 2.45) is 5.41 Å². The molecule has 1 saturated carbocycles. The molecule has 5 rings (SSSR count). The SMILES string of the molecule is C[C@@H]1CN(c2cnc(C(F)(F)F)cn2)C[C@H](C)N1C(=O)OC1CC2(C1)CN(Cc1ccc(Cl)cc1)C2. The fourth-order valence-corrected chi connectivity index (χ4v) is 5.94. The number of ether oxygens (including phenoxy) is 1. The first kappa shape index (κ1) is 25.1. The Kier molecular flexibility index (Phi) is 6.53. The second-order valence-electron chi connectivity index (χ2n) is 10.5. The molecule has 3 aliphatic rings. The van der Waals surface area contributed by atoms with Gasteiger partial charge in [-0.25, -0.2) is 14.8 Å². The number of hydrogen-bond donors (Lipinski definition) is 0. The van der Waals surface area contributed by atoms with Gasteiger partial charge in [0.2, 0.25) is 0 Å². The molecular weight excluding hydrogens is 495 g/mol. The second kappa shape index (κ2) is 9.37. The molecule has 7 nitrogen and oxygen atoms in total. The third-order valence-corrected chi connectivity index (χ3v) is 7.66. The van der Waals surface area contributed by atoms with Gasteiger partial charge >= 0.3 is 12.3 Å². The summed E-state index contributed by atoms with van der Waals surface area (Å²) in [4.78, 5) is 26.4. The molecule has 0 unspecified atom stereocenters. The van der Waals surface area contributed by atoms with Gasteiger partial charge in [0.15, 0.2) is 5.69 Å². The van der Waals surface area contributed by atoms with Gasteiger partial charge in [-0.1, -0.05) is 23.7 Å². The molecule has 0 bridgehead atoms. The zero-order chi connectivity index (χ0) is 25.7. The Morgan fingerprint density at radius 1 is 1.08 bits per heavy atom. The molecule has 3 heterocycles. The van der Waals surface area contributed by atoms with Crippen molar-refractivity contribution in [3.8, 4) is 0 Å². The predicted molar refractivity (Wildman–Crippen MR) is 129 cm³/mol. The zero-order valence-corrected chi connectivity index (χ0v) is 21.0. The lowest BCUT2D eigenvalue weighted by atomic mass is 9.61. The average Bonchev–Trinajstić information content (AvgIpc) is 2.76. The van der Waals surface area contributed by atoms with E-state index in [-0.39, 0.29) is 29.7 Å². The third-order valence-electron chi connectivity index (χ3n) is 7.41. The van der Waals surface area contributed by atoms with E-state index in [0.717, 1.165) is 49.9 Å². The van der Waals surface area contributed by atoms with Gasteiger partial charge in [-0.2, -0.15) is 13.2 Å². The van der Waals surface area contributed by atoms with Gasteiger partial charge in [0, 0.05) is 43.2 Å². The number of hydrogen-bond acceptors (Lipinski definition) is 6. The van der Waals surface area contributed by atoms with Crippen molar-refractivity contribution < 1.29 is 22.7 Å². The van der Waals surface area contributed by atoms with Gasteiger partial charge in [-0.05, 0) is 44.4 Å². The van der Waals surface area contributed by atoms with E-state index in [9.17, 15) is 18.0 Å². The van der Waals surface area contributed by atoms with E-state index >= 15 is 0 Å². The number of amides is 1. The number of carbonyl (C=O) groups excluding carboxylic acids is 1. The summed E-state index contributed by atoms with van der Waals surface area (Å²) in [5.41, 5.74) is 0.461. The van der Waals surface area contributed by atoms with Crippen LogP contribution in [0.15, 0.2) is 36.7 Å². The van der Waals surface area contributed by atoms with Crippen LogP contribution in [-0.4, -0.2) is 70.2 Å². The van der Waals surface area contributed by atoms with Crippen LogP contribution in [0.2, 0.25) is 5.02 Å². The Hall–Kier alpha value is -2.59. The van der Waals surface area contributed by atoms with E-state index in [0.29, 0.717) is 18.9 Å². The molecule has 2 aliphatic heterocycles. The summed E-state index contributed by atoms with van der Waals surface area (Å²) in [6.45, 7) is 7.59. The number of piperazine rings is 1. The second-order valence-corrected chi connectivity index (χ2v) is 10.9. The highest BCUT2D eigenvalue weighted by Crippen LogP contribution is 2.50. The molecule has 11 heteroatoms. The van der Waals surface area contributed by atoms with Gasteiger partial charge in [-0.15, -0.1) is 0 Å². The Morgan fingerprint density at radius 2 is 1.72 bits per heavy atom. The smallest absolute Gasteiger partial charge is 0.434 e. The van der Waals surface area contributed by atoms with Crippen LogP contribution in [0.4, 0.5) is 23.8 Å². The lowest BCUT2D eigenvalue weighted by Gasteiger charge is -2.58. The third kappa shape index (κ3) is 5.11. The monoisotopic (exact) mass is 523 g/mol. The van der Waals surface area contributed by atoms with Crippen molar-refractivity contribution in [1.82, 2.24) is 19.8 Å². The van der Waals surface area contributed by atoms with Crippen molar-refractivity contribution in [2.45, 2.75) is 57.6 Å². The Balaban J connectivity index is 1.09. The molecule has 1 amide bonds. The molecule has 0 N–H and O–H groups in total. The quantitative estimate of drug-likeness (QED) is 0.571. The van der Waals surface area contributed by atoms with E-state index < -0.39 is 11.9 Å². The van der Waals surface area contributed by atoms with Crippen molar-refractivity contribution >= 4 is 23.5 Å². The number of likely N-dealkylation sites (tertiary alicyclic amines) is 1. The molecule has 1 spiro atoms. The standard InChI is InChI=1S/C25H29ClF3N5O2/c1-16-11-33(22-10-30-21(9-31-22)25(27,28)29)12-17(2)34(16)23(35)36-20-7-24(8-20)14-32(15-24)13-18-3-5-19(26)6-4-18/h3-6,9-10,16-17,20H,7-8,11-15H2,1-2H3/t16-,17+. The molecule has 0 radical (unpaired) electrons. The molecule has 194 valence electrons. The van der Waals surface area contributed by atoms with E-state index in [4.69, 9.17) is 16.3 Å². The van der Waals surface area contributed by atoms with Crippen LogP contribution in [0.3, 0.4) is 0 Å². The normalized spacial score (nSPS) is 24.4. The summed E-state index contributed by atoms with van der Waals surface area (Å²) in [6.07, 6.45) is -1.30. The molecular formula is C25H29ClF3N5O2. The number of rotatable bonds is 4. The number of halogens is 4. The van der Waals surface area contributed by atoms with E-state index in [1.807, 2.05) is 43.0 Å². The molecule has 3 fully saturated rings. The maximum absolute atomic E-state index is 13.0. The minimum absolute atomic E-state index is 0.0756. The number of anilines is 1. The maximum atomic E-state index is 13.0. The van der Waals surface area contributed by atoms with Crippen LogP contribution >= 0.6 is 11.6 Å².